The summed E-state index contributed by atoms with van der Waals surface area (Å²) in [5.74, 6) is 0.440. The monoisotopic (exact) mass is 223 g/mol. The van der Waals surface area contributed by atoms with Crippen molar-refractivity contribution in [1.29, 1.82) is 5.26 Å². The second kappa shape index (κ2) is 10.9. The number of nitrogens with zero attached hydrogens (tertiary/aromatic N) is 1. The third-order valence-electron chi connectivity index (χ3n) is 0.978. The van der Waals surface area contributed by atoms with Gasteiger partial charge in [-0.25, -0.2) is 0 Å². The van der Waals surface area contributed by atoms with Crippen molar-refractivity contribution in [2.75, 3.05) is 0 Å². The summed E-state index contributed by atoms with van der Waals surface area (Å²) in [4.78, 5) is 7.06. The minimum absolute atomic E-state index is 0. The van der Waals surface area contributed by atoms with Gasteiger partial charge in [-0.1, -0.05) is 13.6 Å². The van der Waals surface area contributed by atoms with Gasteiger partial charge in [-0.2, -0.15) is 19.8 Å². The molecule has 0 bridgehead atoms. The van der Waals surface area contributed by atoms with E-state index in [1.54, 1.807) is 0 Å². The molecule has 0 atom stereocenters. The van der Waals surface area contributed by atoms with E-state index in [2.05, 4.69) is 20.6 Å². The predicted molar refractivity (Wildman–Crippen MR) is 31.8 cm³/mol. The zero-order valence-corrected chi connectivity index (χ0v) is 10.00. The van der Waals surface area contributed by atoms with Gasteiger partial charge in [-0.05, 0) is 12.8 Å². The molecule has 0 aromatic carbocycles. The summed E-state index contributed by atoms with van der Waals surface area (Å²) in [6.07, 6.45) is 2.30. The summed E-state index contributed by atoms with van der Waals surface area (Å²) in [6.45, 7) is 0. The van der Waals surface area contributed by atoms with Gasteiger partial charge >= 0.3 is 58.7 Å². The Morgan fingerprint density at radius 3 is 1.62 bits per heavy atom. The molecule has 4 nitrogen and oxygen atoms in total. The van der Waals surface area contributed by atoms with Crippen LogP contribution in [-0.4, -0.2) is 7.32 Å². The van der Waals surface area contributed by atoms with Gasteiger partial charge in [0.15, 0.2) is 0 Å². The quantitative estimate of drug-likeness (QED) is 0.558. The van der Waals surface area contributed by atoms with Crippen molar-refractivity contribution in [1.82, 2.24) is 0 Å². The van der Waals surface area contributed by atoms with Gasteiger partial charge in [-0.15, -0.1) is 0 Å². The number of hydrogen-bond donors (Lipinski definition) is 0. The van der Waals surface area contributed by atoms with E-state index in [0.717, 1.165) is 12.8 Å². The fourth-order valence-electron chi connectivity index (χ4n) is 0.254. The van der Waals surface area contributed by atoms with Crippen molar-refractivity contribution >= 4 is 7.32 Å². The molecule has 0 spiro atoms. The summed E-state index contributed by atoms with van der Waals surface area (Å²) in [5, 5.41) is 7.96. The van der Waals surface area contributed by atoms with Crippen molar-refractivity contribution in [2.24, 2.45) is 5.92 Å². The van der Waals surface area contributed by atoms with Crippen molar-refractivity contribution in [3.63, 3.8) is 0 Å². The van der Waals surface area contributed by atoms with Crippen LogP contribution in [-0.2, 0) is 14.6 Å². The molecule has 0 aromatic heterocycles. The Balaban J connectivity index is -0.000000155. The predicted octanol–water partition coefficient (Wildman–Crippen LogP) is -1.29. The molecule has 0 heterocycles. The van der Waals surface area contributed by atoms with Gasteiger partial charge in [0.2, 0.25) is 0 Å². The van der Waals surface area contributed by atoms with Crippen LogP contribution < -0.4 is 51.4 Å². The molecule has 1 rings (SSSR count). The van der Waals surface area contributed by atoms with Gasteiger partial charge in [0.05, 0.1) is 6.07 Å². The second-order valence-electron chi connectivity index (χ2n) is 1.96. The number of nitriles is 1. The van der Waals surface area contributed by atoms with Crippen LogP contribution in [0.2, 0.25) is 0 Å². The van der Waals surface area contributed by atoms with Crippen molar-refractivity contribution < 1.29 is 81.0 Å². The van der Waals surface area contributed by atoms with E-state index in [9.17, 15) is 13.6 Å². The summed E-state index contributed by atoms with van der Waals surface area (Å²) in [6, 6.07) is 2.14. The Hall–Kier alpha value is 0.861. The van der Waals surface area contributed by atoms with E-state index in [-0.39, 0.29) is 52.8 Å². The third kappa shape index (κ3) is 10.8. The van der Waals surface area contributed by atoms with Gasteiger partial charge in [0.25, 0.3) is 0 Å². The van der Waals surface area contributed by atoms with E-state index in [0.29, 0.717) is 5.92 Å². The first kappa shape index (κ1) is 16.3. The number of hydrogen-bond acceptors (Lipinski definition) is 4. The molecule has 0 radical (unpaired) electrons. The summed E-state index contributed by atoms with van der Waals surface area (Å²) in [7, 11) is -2.51. The molecule has 1 fully saturated rings. The molecule has 13 heavy (non-hydrogen) atoms. The largest absolute Gasteiger partial charge is 1.00 e. The molecule has 70 valence electrons. The standard InChI is InChI=1S/C4H5N.BF3O3.K.H/c5-3-4-1-2-4;2-5-1(6-3)7-4;;/h4H,1-2H2;;;/q;;+1;-1. The maximum Gasteiger partial charge on any atom is 1.00 e. The Morgan fingerprint density at radius 1 is 1.23 bits per heavy atom. The smallest absolute Gasteiger partial charge is 1.00 e. The van der Waals surface area contributed by atoms with Crippen LogP contribution in [0.25, 0.3) is 0 Å². The van der Waals surface area contributed by atoms with Crippen molar-refractivity contribution in [2.45, 2.75) is 12.8 Å². The van der Waals surface area contributed by atoms with Crippen molar-refractivity contribution in [3.8, 4) is 6.07 Å². The van der Waals surface area contributed by atoms with Crippen molar-refractivity contribution in [3.05, 3.63) is 0 Å². The first-order valence-corrected chi connectivity index (χ1v) is 3.00. The van der Waals surface area contributed by atoms with Gasteiger partial charge in [0, 0.05) is 5.92 Å². The first-order valence-electron chi connectivity index (χ1n) is 3.00. The van der Waals surface area contributed by atoms with E-state index < -0.39 is 7.32 Å². The third-order valence-corrected chi connectivity index (χ3v) is 0.978. The van der Waals surface area contributed by atoms with E-state index in [4.69, 9.17) is 5.26 Å². The zero-order valence-electron chi connectivity index (χ0n) is 7.87. The van der Waals surface area contributed by atoms with Gasteiger partial charge in [-0.3, -0.25) is 0 Å². The Morgan fingerprint density at radius 2 is 1.62 bits per heavy atom. The molecule has 0 N–H and O–H groups in total. The molecular formula is C4H6BF3KNO3. The Bertz CT molecular complexity index is 152. The minimum Gasteiger partial charge on any atom is -1.00 e. The number of halogens is 3. The van der Waals surface area contributed by atoms with Crippen LogP contribution >= 0.6 is 0 Å². The Labute approximate surface area is 117 Å². The van der Waals surface area contributed by atoms with Crippen LogP contribution in [0.4, 0.5) is 13.6 Å². The van der Waals surface area contributed by atoms with Gasteiger partial charge < -0.3 is 1.43 Å². The molecular weight excluding hydrogens is 217 g/mol. The molecule has 1 aliphatic carbocycles. The summed E-state index contributed by atoms with van der Waals surface area (Å²) in [5.41, 5.74) is 0. The van der Waals surface area contributed by atoms with E-state index >= 15 is 0 Å². The summed E-state index contributed by atoms with van der Waals surface area (Å²) >= 11 is 0. The topological polar surface area (TPSA) is 51.5 Å². The first-order chi connectivity index (χ1) is 5.78. The van der Waals surface area contributed by atoms with E-state index in [1.165, 1.54) is 0 Å². The Kier molecular flexibility index (Phi) is 13.7. The zero-order chi connectivity index (χ0) is 9.40. The van der Waals surface area contributed by atoms with Crippen LogP contribution in [0.15, 0.2) is 0 Å². The molecule has 1 aliphatic rings. The number of rotatable bonds is 3. The van der Waals surface area contributed by atoms with Crippen LogP contribution in [0.5, 0.6) is 0 Å². The molecule has 1 saturated carbocycles. The van der Waals surface area contributed by atoms with Crippen LogP contribution in [0, 0.1) is 17.2 Å². The maximum absolute atomic E-state index is 10.4. The molecule has 0 saturated heterocycles. The average Bonchev–Trinajstić information content (AvgIpc) is 2.91. The maximum atomic E-state index is 10.4. The normalized spacial score (nSPS) is 13.1. The molecule has 9 heteroatoms. The van der Waals surface area contributed by atoms with Crippen LogP contribution in [0.1, 0.15) is 14.3 Å². The minimum atomic E-state index is -2.51. The van der Waals surface area contributed by atoms with Gasteiger partial charge in [0.1, 0.15) is 0 Å². The second-order valence-corrected chi connectivity index (χ2v) is 1.96. The van der Waals surface area contributed by atoms with E-state index in [1.807, 2.05) is 0 Å². The fraction of sp³-hybridized carbons (Fsp3) is 0.750. The summed E-state index contributed by atoms with van der Waals surface area (Å²) < 4.78 is 31.3. The molecule has 0 aromatic rings. The fourth-order valence-corrected chi connectivity index (χ4v) is 0.254. The average molecular weight is 223 g/mol. The molecule has 0 amide bonds. The SMILES string of the molecule is FOB(OF)OF.N#CC1CC1.[H-].[K+]. The molecule has 0 unspecified atom stereocenters. The van der Waals surface area contributed by atoms with Crippen LogP contribution in [0.3, 0.4) is 0 Å². The molecule has 0 aliphatic heterocycles.